The number of rotatable bonds is 3. The molecule has 0 radical (unpaired) electrons. The number of nitrogens with one attached hydrogen (secondary N) is 1. The summed E-state index contributed by atoms with van der Waals surface area (Å²) in [6, 6.07) is 7.51. The smallest absolute Gasteiger partial charge is 0.262 e. The van der Waals surface area contributed by atoms with Gasteiger partial charge in [0, 0.05) is 25.6 Å². The Labute approximate surface area is 177 Å². The molecule has 4 rings (SSSR count). The molecule has 2 fully saturated rings. The van der Waals surface area contributed by atoms with E-state index in [4.69, 9.17) is 12.2 Å². The Morgan fingerprint density at radius 3 is 2.45 bits per heavy atom. The predicted octanol–water partition coefficient (Wildman–Crippen LogP) is 4.37. The Balaban J connectivity index is 1.41. The molecule has 1 saturated heterocycles. The molecule has 29 heavy (non-hydrogen) atoms. The van der Waals surface area contributed by atoms with Gasteiger partial charge in [0.25, 0.3) is 5.56 Å². The summed E-state index contributed by atoms with van der Waals surface area (Å²) in [5.74, 6) is 2.09. The lowest BCUT2D eigenvalue weighted by Crippen LogP contribution is -2.46. The summed E-state index contributed by atoms with van der Waals surface area (Å²) in [5, 5.41) is 0.679. The van der Waals surface area contributed by atoms with Crippen LogP contribution in [0.15, 0.2) is 29.1 Å². The van der Waals surface area contributed by atoms with Crippen molar-refractivity contribution in [2.24, 2.45) is 23.7 Å². The molecule has 1 aliphatic heterocycles. The Hall–Kier alpha value is -1.95. The van der Waals surface area contributed by atoms with Gasteiger partial charge in [0.05, 0.1) is 10.9 Å². The van der Waals surface area contributed by atoms with E-state index in [0.29, 0.717) is 40.4 Å². The van der Waals surface area contributed by atoms with E-state index in [-0.39, 0.29) is 11.5 Å². The third-order valence-electron chi connectivity index (χ3n) is 6.71. The van der Waals surface area contributed by atoms with Crippen LogP contribution in [0.1, 0.15) is 46.0 Å². The third kappa shape index (κ3) is 4.32. The topological polar surface area (TPSA) is 58.1 Å². The van der Waals surface area contributed by atoms with Crippen molar-refractivity contribution in [3.8, 4) is 0 Å². The van der Waals surface area contributed by atoms with Crippen LogP contribution in [0, 0.1) is 28.4 Å². The van der Waals surface area contributed by atoms with Crippen LogP contribution in [-0.2, 0) is 11.3 Å². The average Bonchev–Trinajstić information content (AvgIpc) is 2.70. The molecular weight excluding hydrogens is 382 g/mol. The standard InChI is InChI=1S/C23H31N3O2S/c1-15-11-16(2)13-25(12-15)21(27)18-9-7-17(8-10-18)14-26-22(28)19-5-3-4-6-20(19)24-23(26)29/h3-6,15-18H,7-14H2,1-2H3,(H,24,29)/t15-,16-,17?,18?/m0/s1. The van der Waals surface area contributed by atoms with E-state index in [1.807, 2.05) is 24.3 Å². The summed E-state index contributed by atoms with van der Waals surface area (Å²) in [6.07, 6.45) is 5.01. The van der Waals surface area contributed by atoms with Crippen LogP contribution in [-0.4, -0.2) is 33.4 Å². The van der Waals surface area contributed by atoms with Crippen LogP contribution in [0.3, 0.4) is 0 Å². The molecule has 0 bridgehead atoms. The SMILES string of the molecule is C[C@H]1C[C@H](C)CN(C(=O)C2CCC(Cn3c(=S)[nH]c4ccccc4c3=O)CC2)C1. The number of para-hydroxylation sites is 1. The van der Waals surface area contributed by atoms with Crippen molar-refractivity contribution in [2.45, 2.75) is 52.5 Å². The molecule has 1 aromatic carbocycles. The monoisotopic (exact) mass is 413 g/mol. The van der Waals surface area contributed by atoms with Crippen LogP contribution in [0.4, 0.5) is 0 Å². The zero-order valence-electron chi connectivity index (χ0n) is 17.4. The van der Waals surface area contributed by atoms with Crippen molar-refractivity contribution < 1.29 is 4.79 Å². The molecule has 0 unspecified atom stereocenters. The zero-order chi connectivity index (χ0) is 20.5. The molecule has 1 aliphatic carbocycles. The highest BCUT2D eigenvalue weighted by Crippen LogP contribution is 2.32. The van der Waals surface area contributed by atoms with Gasteiger partial charge in [-0.2, -0.15) is 0 Å². The first-order valence-corrected chi connectivity index (χ1v) is 11.3. The predicted molar refractivity (Wildman–Crippen MR) is 118 cm³/mol. The van der Waals surface area contributed by atoms with Gasteiger partial charge >= 0.3 is 0 Å². The van der Waals surface area contributed by atoms with Crippen molar-refractivity contribution in [1.29, 1.82) is 0 Å². The van der Waals surface area contributed by atoms with Crippen LogP contribution in [0.2, 0.25) is 0 Å². The number of H-pyrrole nitrogens is 1. The lowest BCUT2D eigenvalue weighted by atomic mass is 9.80. The largest absolute Gasteiger partial charge is 0.342 e. The lowest BCUT2D eigenvalue weighted by molar-refractivity contribution is -0.139. The number of fused-ring (bicyclic) bond motifs is 1. The minimum absolute atomic E-state index is 0.0150. The lowest BCUT2D eigenvalue weighted by Gasteiger charge is -2.38. The second kappa shape index (κ2) is 8.42. The number of carbonyl (C=O) groups excluding carboxylic acids is 1. The maximum Gasteiger partial charge on any atom is 0.262 e. The van der Waals surface area contributed by atoms with Gasteiger partial charge in [-0.3, -0.25) is 14.2 Å². The second-order valence-electron chi connectivity index (χ2n) is 9.30. The molecule has 6 heteroatoms. The van der Waals surface area contributed by atoms with Crippen molar-refractivity contribution in [2.75, 3.05) is 13.1 Å². The summed E-state index contributed by atoms with van der Waals surface area (Å²) >= 11 is 5.45. The number of piperidine rings is 1. The molecule has 5 nitrogen and oxygen atoms in total. The minimum atomic E-state index is -0.0150. The molecule has 1 N–H and O–H groups in total. The quantitative estimate of drug-likeness (QED) is 0.760. The molecule has 1 amide bonds. The van der Waals surface area contributed by atoms with Gasteiger partial charge in [0.15, 0.2) is 4.77 Å². The Morgan fingerprint density at radius 1 is 1.10 bits per heavy atom. The highest BCUT2D eigenvalue weighted by molar-refractivity contribution is 7.71. The Bertz CT molecular complexity index is 993. The van der Waals surface area contributed by atoms with Crippen molar-refractivity contribution in [3.63, 3.8) is 0 Å². The Kier molecular flexibility index (Phi) is 5.91. The maximum atomic E-state index is 13.0. The summed E-state index contributed by atoms with van der Waals surface area (Å²) in [7, 11) is 0. The first-order chi connectivity index (χ1) is 13.9. The number of aromatic nitrogens is 2. The molecule has 0 spiro atoms. The van der Waals surface area contributed by atoms with Crippen molar-refractivity contribution in [3.05, 3.63) is 39.4 Å². The molecular formula is C23H31N3O2S. The van der Waals surface area contributed by atoms with E-state index in [0.717, 1.165) is 44.3 Å². The first kappa shape index (κ1) is 20.3. The van der Waals surface area contributed by atoms with Crippen molar-refractivity contribution in [1.82, 2.24) is 14.5 Å². The molecule has 2 atom stereocenters. The number of hydrogen-bond acceptors (Lipinski definition) is 3. The van der Waals surface area contributed by atoms with Crippen LogP contribution < -0.4 is 5.56 Å². The van der Waals surface area contributed by atoms with E-state index in [1.54, 1.807) is 4.57 Å². The maximum absolute atomic E-state index is 13.0. The number of likely N-dealkylation sites (tertiary alicyclic amines) is 1. The average molecular weight is 414 g/mol. The molecule has 1 aromatic heterocycles. The molecule has 1 saturated carbocycles. The van der Waals surface area contributed by atoms with E-state index in [9.17, 15) is 9.59 Å². The molecule has 2 heterocycles. The highest BCUT2D eigenvalue weighted by atomic mass is 32.1. The summed E-state index contributed by atoms with van der Waals surface area (Å²) in [4.78, 5) is 31.2. The number of nitrogens with zero attached hydrogens (tertiary/aromatic N) is 2. The normalized spacial score (nSPS) is 27.9. The second-order valence-corrected chi connectivity index (χ2v) is 9.69. The van der Waals surface area contributed by atoms with Crippen LogP contribution >= 0.6 is 12.2 Å². The number of aromatic amines is 1. The fraction of sp³-hybridized carbons (Fsp3) is 0.609. The zero-order valence-corrected chi connectivity index (χ0v) is 18.2. The summed E-state index contributed by atoms with van der Waals surface area (Å²) in [6.45, 7) is 6.95. The first-order valence-electron chi connectivity index (χ1n) is 10.9. The van der Waals surface area contributed by atoms with E-state index in [1.165, 1.54) is 6.42 Å². The fourth-order valence-corrected chi connectivity index (χ4v) is 5.58. The molecule has 156 valence electrons. The van der Waals surface area contributed by atoms with Crippen LogP contribution in [0.25, 0.3) is 10.9 Å². The minimum Gasteiger partial charge on any atom is -0.342 e. The third-order valence-corrected chi connectivity index (χ3v) is 7.03. The number of carbonyl (C=O) groups is 1. The van der Waals surface area contributed by atoms with Gasteiger partial charge in [-0.25, -0.2) is 0 Å². The van der Waals surface area contributed by atoms with Gasteiger partial charge in [-0.1, -0.05) is 26.0 Å². The van der Waals surface area contributed by atoms with Gasteiger partial charge in [-0.15, -0.1) is 0 Å². The molecule has 2 aliphatic rings. The molecule has 2 aromatic rings. The summed E-state index contributed by atoms with van der Waals surface area (Å²) in [5.41, 5.74) is 0.775. The number of amides is 1. The van der Waals surface area contributed by atoms with E-state index >= 15 is 0 Å². The number of hydrogen-bond donors (Lipinski definition) is 1. The van der Waals surface area contributed by atoms with Gasteiger partial charge < -0.3 is 9.88 Å². The number of benzene rings is 1. The summed E-state index contributed by atoms with van der Waals surface area (Å²) < 4.78 is 2.20. The van der Waals surface area contributed by atoms with Crippen LogP contribution in [0.5, 0.6) is 0 Å². The Morgan fingerprint density at radius 2 is 1.76 bits per heavy atom. The van der Waals surface area contributed by atoms with Gasteiger partial charge in [0.1, 0.15) is 0 Å². The van der Waals surface area contributed by atoms with Crippen molar-refractivity contribution >= 4 is 29.0 Å². The van der Waals surface area contributed by atoms with E-state index < -0.39 is 0 Å². The van der Waals surface area contributed by atoms with Gasteiger partial charge in [0.2, 0.25) is 5.91 Å². The van der Waals surface area contributed by atoms with E-state index in [2.05, 4.69) is 23.7 Å². The van der Waals surface area contributed by atoms with Gasteiger partial charge in [-0.05, 0) is 74.2 Å². The highest BCUT2D eigenvalue weighted by Gasteiger charge is 2.33. The fourth-order valence-electron chi connectivity index (χ4n) is 5.32.